The van der Waals surface area contributed by atoms with E-state index in [9.17, 15) is 9.59 Å². The van der Waals surface area contributed by atoms with Crippen LogP contribution in [0.25, 0.3) is 0 Å². The maximum absolute atomic E-state index is 12.1. The van der Waals surface area contributed by atoms with Crippen molar-refractivity contribution in [1.82, 2.24) is 25.4 Å². The average Bonchev–Trinajstić information content (AvgIpc) is 3.07. The molecule has 2 aromatic rings. The molecule has 1 aromatic carbocycles. The molecule has 2 heterocycles. The summed E-state index contributed by atoms with van der Waals surface area (Å²) < 4.78 is 0. The first-order chi connectivity index (χ1) is 12.5. The maximum Gasteiger partial charge on any atom is 0.340 e. The van der Waals surface area contributed by atoms with E-state index in [1.54, 1.807) is 6.92 Å². The molecule has 1 saturated heterocycles. The van der Waals surface area contributed by atoms with Gasteiger partial charge < -0.3 is 10.2 Å². The van der Waals surface area contributed by atoms with E-state index in [0.717, 1.165) is 32.7 Å². The van der Waals surface area contributed by atoms with Crippen molar-refractivity contribution in [1.29, 1.82) is 0 Å². The average molecular weight is 358 g/mol. The van der Waals surface area contributed by atoms with Gasteiger partial charge in [0, 0.05) is 44.8 Å². The number of aromatic amines is 2. The van der Waals surface area contributed by atoms with Crippen molar-refractivity contribution >= 4 is 11.6 Å². The number of amides is 1. The van der Waals surface area contributed by atoms with Crippen molar-refractivity contribution in [2.45, 2.75) is 26.3 Å². The monoisotopic (exact) mass is 358 g/mol. The molecule has 0 aliphatic carbocycles. The molecule has 8 nitrogen and oxygen atoms in total. The molecule has 26 heavy (non-hydrogen) atoms. The number of nitrogens with one attached hydrogen (secondary N) is 3. The highest BCUT2D eigenvalue weighted by Gasteiger charge is 2.19. The van der Waals surface area contributed by atoms with Gasteiger partial charge in [-0.1, -0.05) is 12.1 Å². The summed E-state index contributed by atoms with van der Waals surface area (Å²) in [6, 6.07) is 8.24. The number of anilines is 1. The van der Waals surface area contributed by atoms with Gasteiger partial charge in [-0.3, -0.25) is 14.7 Å². The second-order valence-corrected chi connectivity index (χ2v) is 6.77. The molecule has 0 bridgehead atoms. The zero-order chi connectivity index (χ0) is 18.5. The molecule has 0 radical (unpaired) electrons. The molecule has 1 aliphatic rings. The molecule has 1 aromatic heterocycles. The number of hydrogen-bond donors (Lipinski definition) is 3. The lowest BCUT2D eigenvalue weighted by Crippen LogP contribution is -2.47. The standard InChI is InChI=1S/C18H26N6O2/c1-13-4-3-5-15(12-13)24-10-8-23(9-11-24)7-6-16(25)19-14(2)17-20-18(26)22-21-17/h3-5,12,14H,6-11H2,1-2H3,(H,19,25)(H2,20,21,22,26)/t14-/m1/s1. The normalized spacial score (nSPS) is 16.5. The van der Waals surface area contributed by atoms with Gasteiger partial charge in [-0.15, -0.1) is 0 Å². The molecule has 140 valence electrons. The number of carbonyl (C=O) groups is 1. The van der Waals surface area contributed by atoms with E-state index in [1.807, 2.05) is 0 Å². The molecule has 1 fully saturated rings. The Balaban J connectivity index is 1.40. The van der Waals surface area contributed by atoms with Crippen molar-refractivity contribution in [2.75, 3.05) is 37.6 Å². The third kappa shape index (κ3) is 4.72. The first-order valence-electron chi connectivity index (χ1n) is 8.99. The van der Waals surface area contributed by atoms with Crippen molar-refractivity contribution in [2.24, 2.45) is 0 Å². The number of H-pyrrole nitrogens is 2. The number of aromatic nitrogens is 3. The van der Waals surface area contributed by atoms with E-state index in [2.05, 4.69) is 61.5 Å². The lowest BCUT2D eigenvalue weighted by molar-refractivity contribution is -0.122. The quantitative estimate of drug-likeness (QED) is 0.710. The summed E-state index contributed by atoms with van der Waals surface area (Å²) in [5, 5.41) is 9.00. The Bertz CT molecular complexity index is 791. The van der Waals surface area contributed by atoms with Gasteiger partial charge in [-0.2, -0.15) is 5.10 Å². The highest BCUT2D eigenvalue weighted by atomic mass is 16.2. The molecule has 0 spiro atoms. The Hall–Kier alpha value is -2.61. The molecule has 1 aliphatic heterocycles. The highest BCUT2D eigenvalue weighted by molar-refractivity contribution is 5.76. The van der Waals surface area contributed by atoms with Crippen LogP contribution in [0.2, 0.25) is 0 Å². The second-order valence-electron chi connectivity index (χ2n) is 6.77. The molecule has 8 heteroatoms. The van der Waals surface area contributed by atoms with Crippen LogP contribution in [0.5, 0.6) is 0 Å². The van der Waals surface area contributed by atoms with Crippen LogP contribution in [0, 0.1) is 6.92 Å². The Morgan fingerprint density at radius 3 is 2.73 bits per heavy atom. The molecule has 1 atom stereocenters. The summed E-state index contributed by atoms with van der Waals surface area (Å²) in [6.45, 7) is 8.47. The van der Waals surface area contributed by atoms with Gasteiger partial charge in [0.1, 0.15) is 0 Å². The SMILES string of the molecule is Cc1cccc(N2CCN(CCC(=O)N[C@H](C)c3n[nH]c(=O)[nH]3)CC2)c1. The minimum absolute atomic E-state index is 0.0394. The fourth-order valence-corrected chi connectivity index (χ4v) is 3.18. The van der Waals surface area contributed by atoms with E-state index in [1.165, 1.54) is 11.3 Å². The second kappa shape index (κ2) is 8.18. The minimum Gasteiger partial charge on any atom is -0.369 e. The van der Waals surface area contributed by atoms with Crippen molar-refractivity contribution in [3.63, 3.8) is 0 Å². The molecule has 0 saturated carbocycles. The maximum atomic E-state index is 12.1. The molecule has 0 unspecified atom stereocenters. The van der Waals surface area contributed by atoms with Crippen molar-refractivity contribution in [3.05, 3.63) is 46.1 Å². The van der Waals surface area contributed by atoms with E-state index in [0.29, 0.717) is 12.2 Å². The number of benzene rings is 1. The molecular formula is C18H26N6O2. The van der Waals surface area contributed by atoms with Crippen LogP contribution in [0.4, 0.5) is 5.69 Å². The van der Waals surface area contributed by atoms with E-state index in [-0.39, 0.29) is 17.6 Å². The fraction of sp³-hybridized carbons (Fsp3) is 0.500. The Labute approximate surface area is 152 Å². The minimum atomic E-state index is -0.368. The van der Waals surface area contributed by atoms with E-state index in [4.69, 9.17) is 0 Å². The van der Waals surface area contributed by atoms with Gasteiger partial charge in [0.2, 0.25) is 5.91 Å². The van der Waals surface area contributed by atoms with Crippen LogP contribution >= 0.6 is 0 Å². The number of hydrogen-bond acceptors (Lipinski definition) is 5. The summed E-state index contributed by atoms with van der Waals surface area (Å²) in [5.74, 6) is 0.401. The Kier molecular flexibility index (Phi) is 5.72. The lowest BCUT2D eigenvalue weighted by atomic mass is 10.2. The van der Waals surface area contributed by atoms with Crippen LogP contribution in [0.3, 0.4) is 0 Å². The van der Waals surface area contributed by atoms with Gasteiger partial charge in [-0.05, 0) is 31.5 Å². The van der Waals surface area contributed by atoms with Crippen LogP contribution in [0.15, 0.2) is 29.1 Å². The largest absolute Gasteiger partial charge is 0.369 e. The zero-order valence-corrected chi connectivity index (χ0v) is 15.3. The topological polar surface area (TPSA) is 97.1 Å². The summed E-state index contributed by atoms with van der Waals surface area (Å²) in [5.41, 5.74) is 2.17. The Morgan fingerprint density at radius 1 is 1.31 bits per heavy atom. The molecule has 3 rings (SSSR count). The van der Waals surface area contributed by atoms with Crippen molar-refractivity contribution < 1.29 is 4.79 Å². The highest BCUT2D eigenvalue weighted by Crippen LogP contribution is 2.17. The molecule has 1 amide bonds. The third-order valence-electron chi connectivity index (χ3n) is 4.70. The van der Waals surface area contributed by atoms with Crippen molar-refractivity contribution in [3.8, 4) is 0 Å². The number of nitrogens with zero attached hydrogens (tertiary/aromatic N) is 3. The van der Waals surface area contributed by atoms with Crippen LogP contribution in [-0.2, 0) is 4.79 Å². The predicted molar refractivity (Wildman–Crippen MR) is 100 cm³/mol. The zero-order valence-electron chi connectivity index (χ0n) is 15.3. The summed E-state index contributed by atoms with van der Waals surface area (Å²) in [4.78, 5) is 30.4. The Morgan fingerprint density at radius 2 is 2.08 bits per heavy atom. The summed E-state index contributed by atoms with van der Waals surface area (Å²) in [6.07, 6.45) is 0.434. The van der Waals surface area contributed by atoms with E-state index < -0.39 is 0 Å². The van der Waals surface area contributed by atoms with Gasteiger partial charge in [0.05, 0.1) is 6.04 Å². The number of piperazine rings is 1. The molecule has 3 N–H and O–H groups in total. The summed E-state index contributed by atoms with van der Waals surface area (Å²) in [7, 11) is 0. The first kappa shape index (κ1) is 18.2. The number of carbonyl (C=O) groups excluding carboxylic acids is 1. The van der Waals surface area contributed by atoms with Gasteiger partial charge in [0.15, 0.2) is 5.82 Å². The first-order valence-corrected chi connectivity index (χ1v) is 8.99. The summed E-state index contributed by atoms with van der Waals surface area (Å²) >= 11 is 0. The number of rotatable bonds is 6. The molecular weight excluding hydrogens is 332 g/mol. The van der Waals surface area contributed by atoms with Crippen LogP contribution in [0.1, 0.15) is 30.8 Å². The van der Waals surface area contributed by atoms with Gasteiger partial charge in [-0.25, -0.2) is 9.89 Å². The smallest absolute Gasteiger partial charge is 0.340 e. The fourth-order valence-electron chi connectivity index (χ4n) is 3.18. The third-order valence-corrected chi connectivity index (χ3v) is 4.70. The number of aryl methyl sites for hydroxylation is 1. The van der Waals surface area contributed by atoms with Crippen LogP contribution in [-0.4, -0.2) is 58.7 Å². The van der Waals surface area contributed by atoms with E-state index >= 15 is 0 Å². The lowest BCUT2D eigenvalue weighted by Gasteiger charge is -2.36. The van der Waals surface area contributed by atoms with Crippen LogP contribution < -0.4 is 15.9 Å². The van der Waals surface area contributed by atoms with Gasteiger partial charge in [0.25, 0.3) is 0 Å². The predicted octanol–water partition coefficient (Wildman–Crippen LogP) is 0.796. The van der Waals surface area contributed by atoms with Gasteiger partial charge >= 0.3 is 5.69 Å².